The van der Waals surface area contributed by atoms with Crippen molar-refractivity contribution in [2.24, 2.45) is 0 Å². The normalized spacial score (nSPS) is 10.5. The van der Waals surface area contributed by atoms with Crippen molar-refractivity contribution in [1.82, 2.24) is 0 Å². The van der Waals surface area contributed by atoms with Gasteiger partial charge in [-0.1, -0.05) is 18.9 Å². The highest BCUT2D eigenvalue weighted by atomic mass is 32.2. The SMILES string of the molecule is C=CCc1cc(C(=O)CO)ccc1OCCCCCCSC. The standard InChI is InChI=1S/C18H26O3S/c1-3-8-16-13-15(17(20)14-19)9-10-18(16)21-11-6-4-5-7-12-22-2/h3,9-10,13,19H,1,4-8,11-12,14H2,2H3. The number of hydrogen-bond acceptors (Lipinski definition) is 4. The molecule has 1 aromatic rings. The van der Waals surface area contributed by atoms with Gasteiger partial charge in [0.05, 0.1) is 6.61 Å². The summed E-state index contributed by atoms with van der Waals surface area (Å²) in [6, 6.07) is 5.31. The quantitative estimate of drug-likeness (QED) is 0.360. The minimum atomic E-state index is -0.468. The Morgan fingerprint density at radius 2 is 2.09 bits per heavy atom. The van der Waals surface area contributed by atoms with E-state index in [0.29, 0.717) is 18.6 Å². The zero-order valence-electron chi connectivity index (χ0n) is 13.3. The summed E-state index contributed by atoms with van der Waals surface area (Å²) in [6.07, 6.45) is 9.30. The fourth-order valence-electron chi connectivity index (χ4n) is 2.18. The number of benzene rings is 1. The van der Waals surface area contributed by atoms with E-state index in [2.05, 4.69) is 12.8 Å². The third-order valence-electron chi connectivity index (χ3n) is 3.39. The zero-order chi connectivity index (χ0) is 16.2. The van der Waals surface area contributed by atoms with E-state index in [9.17, 15) is 4.79 Å². The number of allylic oxidation sites excluding steroid dienone is 1. The number of ether oxygens (including phenoxy) is 1. The molecule has 0 aliphatic heterocycles. The summed E-state index contributed by atoms with van der Waals surface area (Å²) in [7, 11) is 0. The van der Waals surface area contributed by atoms with E-state index in [-0.39, 0.29) is 5.78 Å². The smallest absolute Gasteiger partial charge is 0.188 e. The van der Waals surface area contributed by atoms with Crippen LogP contribution in [0.1, 0.15) is 41.6 Å². The van der Waals surface area contributed by atoms with Crippen molar-refractivity contribution in [3.05, 3.63) is 42.0 Å². The molecule has 1 aromatic carbocycles. The molecule has 1 rings (SSSR count). The van der Waals surface area contributed by atoms with E-state index in [1.807, 2.05) is 17.8 Å². The molecule has 0 bridgehead atoms. The summed E-state index contributed by atoms with van der Waals surface area (Å²) in [4.78, 5) is 11.5. The Morgan fingerprint density at radius 1 is 1.32 bits per heavy atom. The van der Waals surface area contributed by atoms with Crippen LogP contribution in [0.2, 0.25) is 0 Å². The van der Waals surface area contributed by atoms with Crippen molar-refractivity contribution >= 4 is 17.5 Å². The molecule has 0 fully saturated rings. The molecule has 0 saturated carbocycles. The van der Waals surface area contributed by atoms with Crippen LogP contribution in [0.3, 0.4) is 0 Å². The lowest BCUT2D eigenvalue weighted by Crippen LogP contribution is -2.06. The second-order valence-electron chi connectivity index (χ2n) is 5.15. The predicted octanol–water partition coefficient (Wildman–Crippen LogP) is 3.89. The molecular weight excluding hydrogens is 296 g/mol. The molecule has 0 heterocycles. The van der Waals surface area contributed by atoms with Gasteiger partial charge in [-0.05, 0) is 55.0 Å². The van der Waals surface area contributed by atoms with Gasteiger partial charge in [0, 0.05) is 5.56 Å². The van der Waals surface area contributed by atoms with Crippen molar-refractivity contribution in [3.8, 4) is 5.75 Å². The summed E-state index contributed by atoms with van der Waals surface area (Å²) < 4.78 is 5.84. The van der Waals surface area contributed by atoms with Gasteiger partial charge in [-0.3, -0.25) is 4.79 Å². The number of aliphatic hydroxyl groups is 1. The summed E-state index contributed by atoms with van der Waals surface area (Å²) in [5.74, 6) is 1.76. The molecule has 0 radical (unpaired) electrons. The van der Waals surface area contributed by atoms with Gasteiger partial charge in [0.1, 0.15) is 12.4 Å². The number of Topliss-reactive ketones (excluding diaryl/α,β-unsaturated/α-hetero) is 1. The highest BCUT2D eigenvalue weighted by molar-refractivity contribution is 7.98. The molecular formula is C18H26O3S. The maximum atomic E-state index is 11.5. The molecule has 4 heteroatoms. The van der Waals surface area contributed by atoms with Gasteiger partial charge in [-0.15, -0.1) is 6.58 Å². The number of thioether (sulfide) groups is 1. The van der Waals surface area contributed by atoms with Gasteiger partial charge in [0.15, 0.2) is 5.78 Å². The Labute approximate surface area is 137 Å². The zero-order valence-corrected chi connectivity index (χ0v) is 14.2. The first-order chi connectivity index (χ1) is 10.7. The first-order valence-electron chi connectivity index (χ1n) is 7.72. The topological polar surface area (TPSA) is 46.5 Å². The number of carbonyl (C=O) groups excluding carboxylic acids is 1. The highest BCUT2D eigenvalue weighted by Crippen LogP contribution is 2.22. The van der Waals surface area contributed by atoms with Crippen LogP contribution in [0.25, 0.3) is 0 Å². The number of unbranched alkanes of at least 4 members (excludes halogenated alkanes) is 3. The summed E-state index contributed by atoms with van der Waals surface area (Å²) >= 11 is 1.89. The summed E-state index contributed by atoms with van der Waals surface area (Å²) in [5, 5.41) is 8.94. The maximum absolute atomic E-state index is 11.5. The molecule has 0 amide bonds. The van der Waals surface area contributed by atoms with Crippen LogP contribution in [-0.2, 0) is 6.42 Å². The van der Waals surface area contributed by atoms with Crippen LogP contribution in [-0.4, -0.2) is 36.1 Å². The molecule has 0 aliphatic carbocycles. The van der Waals surface area contributed by atoms with E-state index in [1.165, 1.54) is 25.0 Å². The Bertz CT molecular complexity index is 471. The first kappa shape index (κ1) is 18.8. The van der Waals surface area contributed by atoms with E-state index in [0.717, 1.165) is 17.7 Å². The van der Waals surface area contributed by atoms with Crippen LogP contribution in [0.5, 0.6) is 5.75 Å². The molecule has 0 atom stereocenters. The monoisotopic (exact) mass is 322 g/mol. The van der Waals surface area contributed by atoms with Crippen molar-refractivity contribution in [2.75, 3.05) is 25.2 Å². The maximum Gasteiger partial charge on any atom is 0.188 e. The molecule has 0 aromatic heterocycles. The Hall–Kier alpha value is -1.26. The van der Waals surface area contributed by atoms with Crippen LogP contribution >= 0.6 is 11.8 Å². The summed E-state index contributed by atoms with van der Waals surface area (Å²) in [6.45, 7) is 3.96. The summed E-state index contributed by atoms with van der Waals surface area (Å²) in [5.41, 5.74) is 1.46. The van der Waals surface area contributed by atoms with Gasteiger partial charge in [-0.2, -0.15) is 11.8 Å². The fraction of sp³-hybridized carbons (Fsp3) is 0.500. The lowest BCUT2D eigenvalue weighted by molar-refractivity contribution is 0.0903. The first-order valence-corrected chi connectivity index (χ1v) is 9.12. The molecule has 22 heavy (non-hydrogen) atoms. The van der Waals surface area contributed by atoms with Crippen molar-refractivity contribution in [3.63, 3.8) is 0 Å². The number of aliphatic hydroxyl groups excluding tert-OH is 1. The lowest BCUT2D eigenvalue weighted by Gasteiger charge is -2.12. The molecule has 0 saturated heterocycles. The van der Waals surface area contributed by atoms with Gasteiger partial charge >= 0.3 is 0 Å². The molecule has 0 unspecified atom stereocenters. The van der Waals surface area contributed by atoms with Crippen molar-refractivity contribution in [2.45, 2.75) is 32.1 Å². The van der Waals surface area contributed by atoms with E-state index in [1.54, 1.807) is 18.2 Å². The van der Waals surface area contributed by atoms with Gasteiger partial charge < -0.3 is 9.84 Å². The molecule has 0 spiro atoms. The largest absolute Gasteiger partial charge is 0.493 e. The number of hydrogen-bond donors (Lipinski definition) is 1. The third-order valence-corrected chi connectivity index (χ3v) is 4.09. The van der Waals surface area contributed by atoms with E-state index >= 15 is 0 Å². The van der Waals surface area contributed by atoms with Crippen molar-refractivity contribution < 1.29 is 14.6 Å². The Kier molecular flexibility index (Phi) is 9.67. The van der Waals surface area contributed by atoms with Crippen molar-refractivity contribution in [1.29, 1.82) is 0 Å². The van der Waals surface area contributed by atoms with Crippen LogP contribution in [0.4, 0.5) is 0 Å². The highest BCUT2D eigenvalue weighted by Gasteiger charge is 2.09. The molecule has 122 valence electrons. The van der Waals surface area contributed by atoms with Crippen LogP contribution < -0.4 is 4.74 Å². The molecule has 1 N–H and O–H groups in total. The fourth-order valence-corrected chi connectivity index (χ4v) is 2.68. The second-order valence-corrected chi connectivity index (χ2v) is 6.14. The lowest BCUT2D eigenvalue weighted by atomic mass is 10.0. The predicted molar refractivity (Wildman–Crippen MR) is 94.1 cm³/mol. The molecule has 0 aliphatic rings. The van der Waals surface area contributed by atoms with E-state index in [4.69, 9.17) is 9.84 Å². The van der Waals surface area contributed by atoms with Gasteiger partial charge in [-0.25, -0.2) is 0 Å². The van der Waals surface area contributed by atoms with Crippen LogP contribution in [0.15, 0.2) is 30.9 Å². The third kappa shape index (κ3) is 6.67. The second kappa shape index (κ2) is 11.3. The Balaban J connectivity index is 2.51. The van der Waals surface area contributed by atoms with Gasteiger partial charge in [0.25, 0.3) is 0 Å². The van der Waals surface area contributed by atoms with E-state index < -0.39 is 6.61 Å². The number of ketones is 1. The Morgan fingerprint density at radius 3 is 2.77 bits per heavy atom. The number of rotatable bonds is 12. The number of carbonyl (C=O) groups is 1. The van der Waals surface area contributed by atoms with Gasteiger partial charge in [0.2, 0.25) is 0 Å². The van der Waals surface area contributed by atoms with Crippen LogP contribution in [0, 0.1) is 0 Å². The minimum absolute atomic E-state index is 0.273. The minimum Gasteiger partial charge on any atom is -0.493 e. The average molecular weight is 322 g/mol. The molecule has 3 nitrogen and oxygen atoms in total. The average Bonchev–Trinajstić information content (AvgIpc) is 2.54.